The number of ether oxygens (including phenoxy) is 2. The third-order valence-corrected chi connectivity index (χ3v) is 13.9. The highest BCUT2D eigenvalue weighted by Crippen LogP contribution is 2.48. The van der Waals surface area contributed by atoms with Crippen molar-refractivity contribution >= 4 is 44.9 Å². The highest BCUT2D eigenvalue weighted by atomic mass is 32.2. The van der Waals surface area contributed by atoms with Crippen LogP contribution in [-0.4, -0.2) is 105 Å². The fraction of sp³-hybridized carbons (Fsp3) is 0.641. The lowest BCUT2D eigenvalue weighted by Gasteiger charge is -2.43. The van der Waals surface area contributed by atoms with Crippen LogP contribution in [0.1, 0.15) is 92.2 Å². The molecule has 2 saturated carbocycles. The molecule has 0 radical (unpaired) electrons. The van der Waals surface area contributed by atoms with Crippen LogP contribution in [-0.2, 0) is 24.4 Å². The first kappa shape index (κ1) is 40.2. The Kier molecular flexibility index (Phi) is 10.6. The minimum Gasteiger partial charge on any atom is -0.497 e. The van der Waals surface area contributed by atoms with E-state index in [0.717, 1.165) is 6.42 Å². The Hall–Kier alpha value is -4.47. The van der Waals surface area contributed by atoms with Crippen molar-refractivity contribution in [3.8, 4) is 11.6 Å². The third-order valence-electron chi connectivity index (χ3n) is 11.7. The van der Waals surface area contributed by atoms with E-state index < -0.39 is 79.7 Å². The number of hydrogen-bond acceptors (Lipinski definition) is 10. The summed E-state index contributed by atoms with van der Waals surface area (Å²) in [5.41, 5.74) is -0.916. The van der Waals surface area contributed by atoms with Gasteiger partial charge in [-0.05, 0) is 97.1 Å². The highest BCUT2D eigenvalue weighted by molar-refractivity contribution is 7.91. The van der Waals surface area contributed by atoms with Gasteiger partial charge in [0.05, 0.1) is 29.4 Å². The zero-order valence-electron chi connectivity index (χ0n) is 32.9. The van der Waals surface area contributed by atoms with Crippen molar-refractivity contribution in [3.05, 3.63) is 36.0 Å². The van der Waals surface area contributed by atoms with Gasteiger partial charge >= 0.3 is 6.09 Å². The summed E-state index contributed by atoms with van der Waals surface area (Å²) in [5, 5.41) is 13.5. The smallest absolute Gasteiger partial charge is 0.408 e. The van der Waals surface area contributed by atoms with Crippen molar-refractivity contribution in [3.63, 3.8) is 0 Å². The van der Waals surface area contributed by atoms with E-state index in [1.807, 2.05) is 19.1 Å². The minimum absolute atomic E-state index is 0.0104. The van der Waals surface area contributed by atoms with Gasteiger partial charge in [0.2, 0.25) is 27.7 Å². The summed E-state index contributed by atoms with van der Waals surface area (Å²) in [6.07, 6.45) is 4.69. The van der Waals surface area contributed by atoms with Gasteiger partial charge in [0.25, 0.3) is 5.91 Å². The van der Waals surface area contributed by atoms with Crippen LogP contribution in [0.5, 0.6) is 11.6 Å². The Morgan fingerprint density at radius 2 is 1.82 bits per heavy atom. The van der Waals surface area contributed by atoms with Gasteiger partial charge in [-0.2, -0.15) is 0 Å². The molecule has 2 aliphatic carbocycles. The summed E-state index contributed by atoms with van der Waals surface area (Å²) < 4.78 is 39.4. The van der Waals surface area contributed by atoms with Crippen LogP contribution in [0.2, 0.25) is 0 Å². The standard InChI is InChI=1S/C39H54N6O9S/c1-22-11-9-10-12-25-20-39(25,35(48)43-55(51,52)38(7)15-16-38)42-32(46)30-19-27(54-33-24(3)40-28-14-13-26(53-8)18-29(28)41-33)21-44(30)34(47)31(23(2)17-22)45(36(49)50)37(4,5)6/h10,12-14,18,22-23,25,27,30-31H,9,11,15-17,19-21H2,1-8H3,(H,42,46)(H,43,48)(H,49,50)/t22-,23-,25-,27-,30+,31+,39-/m1/s1. The van der Waals surface area contributed by atoms with Gasteiger partial charge in [-0.1, -0.05) is 26.0 Å². The zero-order chi connectivity index (χ0) is 40.2. The number of benzene rings is 1. The van der Waals surface area contributed by atoms with Gasteiger partial charge in [0.1, 0.15) is 35.2 Å². The van der Waals surface area contributed by atoms with E-state index in [9.17, 15) is 27.9 Å². The molecule has 7 atom stereocenters. The number of amides is 4. The predicted octanol–water partition coefficient (Wildman–Crippen LogP) is 4.33. The molecule has 2 aromatic rings. The van der Waals surface area contributed by atoms with E-state index in [1.54, 1.807) is 59.9 Å². The van der Waals surface area contributed by atoms with E-state index in [0.29, 0.717) is 48.2 Å². The monoisotopic (exact) mass is 782 g/mol. The number of methoxy groups -OCH3 is 1. The van der Waals surface area contributed by atoms with Crippen molar-refractivity contribution in [1.29, 1.82) is 0 Å². The third kappa shape index (κ3) is 7.96. The summed E-state index contributed by atoms with van der Waals surface area (Å²) in [5.74, 6) is -2.07. The molecule has 6 rings (SSSR count). The number of hydrogen-bond donors (Lipinski definition) is 3. The number of allylic oxidation sites excluding steroid dienone is 1. The van der Waals surface area contributed by atoms with Gasteiger partial charge in [0.15, 0.2) is 0 Å². The SMILES string of the molecule is COc1ccc2nc(C)c(O[C@@H]3C[C@H]4C(=O)N[C@]5(C(=O)NS(=O)(=O)C6(C)CC6)C[C@H]5C=CCC[C@@H](C)C[C@@H](C)[C@H](N(C(=O)O)C(C)(C)C)C(=O)N4C3)nc2c1. The molecule has 1 saturated heterocycles. The molecule has 2 aliphatic heterocycles. The number of nitrogens with one attached hydrogen (secondary N) is 2. The zero-order valence-corrected chi connectivity index (χ0v) is 33.7. The van der Waals surface area contributed by atoms with Gasteiger partial charge in [-0.3, -0.25) is 24.0 Å². The van der Waals surface area contributed by atoms with E-state index in [1.165, 1.54) is 9.80 Å². The molecular weight excluding hydrogens is 729 g/mol. The molecular formula is C39H54N6O9S. The molecule has 1 aromatic carbocycles. The van der Waals surface area contributed by atoms with Crippen LogP contribution in [0.4, 0.5) is 4.79 Å². The molecule has 3 fully saturated rings. The normalized spacial score (nSPS) is 29.6. The fourth-order valence-corrected chi connectivity index (χ4v) is 9.38. The first-order valence-electron chi connectivity index (χ1n) is 19.1. The maximum Gasteiger partial charge on any atom is 0.408 e. The number of sulfonamides is 1. The van der Waals surface area contributed by atoms with Crippen LogP contribution in [0, 0.1) is 24.7 Å². The van der Waals surface area contributed by atoms with Crippen molar-refractivity contribution in [2.24, 2.45) is 17.8 Å². The Labute approximate surface area is 322 Å². The molecule has 15 nitrogen and oxygen atoms in total. The second-order valence-electron chi connectivity index (χ2n) is 17.2. The molecule has 16 heteroatoms. The van der Waals surface area contributed by atoms with Crippen LogP contribution in [0.25, 0.3) is 11.0 Å². The lowest BCUT2D eigenvalue weighted by Crippen LogP contribution is -2.62. The van der Waals surface area contributed by atoms with E-state index in [2.05, 4.69) is 26.9 Å². The van der Waals surface area contributed by atoms with Crippen molar-refractivity contribution in [2.45, 2.75) is 127 Å². The van der Waals surface area contributed by atoms with Crippen molar-refractivity contribution in [1.82, 2.24) is 29.8 Å². The first-order valence-corrected chi connectivity index (χ1v) is 20.6. The number of fused-ring (bicyclic) bond motifs is 3. The van der Waals surface area contributed by atoms with Crippen LogP contribution >= 0.6 is 0 Å². The summed E-state index contributed by atoms with van der Waals surface area (Å²) >= 11 is 0. The topological polar surface area (TPSA) is 197 Å². The molecule has 4 amide bonds. The second-order valence-corrected chi connectivity index (χ2v) is 19.4. The van der Waals surface area contributed by atoms with Crippen molar-refractivity contribution < 1.29 is 42.2 Å². The molecule has 55 heavy (non-hydrogen) atoms. The quantitative estimate of drug-likeness (QED) is 0.338. The number of carboxylic acid groups (broad SMARTS) is 1. The minimum atomic E-state index is -4.02. The maximum atomic E-state index is 15.0. The lowest BCUT2D eigenvalue weighted by molar-refractivity contribution is -0.146. The molecule has 1 aromatic heterocycles. The average Bonchev–Trinajstić information content (AvgIpc) is 3.97. The summed E-state index contributed by atoms with van der Waals surface area (Å²) in [4.78, 5) is 68.3. The Morgan fingerprint density at radius 1 is 1.11 bits per heavy atom. The van der Waals surface area contributed by atoms with Gasteiger partial charge in [-0.25, -0.2) is 23.2 Å². The number of nitrogens with zero attached hydrogens (tertiary/aromatic N) is 4. The summed E-state index contributed by atoms with van der Waals surface area (Å²) in [7, 11) is -2.47. The maximum absolute atomic E-state index is 15.0. The number of carbonyl (C=O) groups excluding carboxylic acids is 3. The summed E-state index contributed by atoms with van der Waals surface area (Å²) in [6, 6.07) is 2.93. The molecule has 3 heterocycles. The van der Waals surface area contributed by atoms with Crippen LogP contribution in [0.15, 0.2) is 30.4 Å². The molecule has 4 aliphatic rings. The second kappa shape index (κ2) is 14.6. The predicted molar refractivity (Wildman–Crippen MR) is 204 cm³/mol. The highest BCUT2D eigenvalue weighted by Gasteiger charge is 2.63. The molecule has 300 valence electrons. The molecule has 0 unspecified atom stereocenters. The summed E-state index contributed by atoms with van der Waals surface area (Å²) in [6.45, 7) is 12.3. The Bertz CT molecular complexity index is 2010. The number of rotatable bonds is 7. The Morgan fingerprint density at radius 3 is 2.45 bits per heavy atom. The van der Waals surface area contributed by atoms with Gasteiger partial charge in [0, 0.05) is 23.9 Å². The van der Waals surface area contributed by atoms with Crippen molar-refractivity contribution in [2.75, 3.05) is 13.7 Å². The first-order chi connectivity index (χ1) is 25.7. The number of aryl methyl sites for hydroxylation is 1. The Balaban J connectivity index is 1.39. The van der Waals surface area contributed by atoms with Gasteiger partial charge < -0.3 is 24.8 Å². The molecule has 0 spiro atoms. The van der Waals surface area contributed by atoms with Crippen LogP contribution in [0.3, 0.4) is 0 Å². The van der Waals surface area contributed by atoms with E-state index in [-0.39, 0.29) is 31.2 Å². The fourth-order valence-electron chi connectivity index (χ4n) is 8.07. The largest absolute Gasteiger partial charge is 0.497 e. The molecule has 0 bridgehead atoms. The van der Waals surface area contributed by atoms with E-state index >= 15 is 4.79 Å². The number of carbonyl (C=O) groups is 4. The van der Waals surface area contributed by atoms with E-state index in [4.69, 9.17) is 9.47 Å². The molecule has 3 N–H and O–H groups in total. The lowest BCUT2D eigenvalue weighted by atomic mass is 9.85. The van der Waals surface area contributed by atoms with Gasteiger partial charge in [-0.15, -0.1) is 0 Å². The number of aromatic nitrogens is 2. The van der Waals surface area contributed by atoms with Crippen LogP contribution < -0.4 is 19.5 Å². The average molecular weight is 783 g/mol.